The molecule has 3 rings (SSSR count). The maximum absolute atomic E-state index is 10.9. The summed E-state index contributed by atoms with van der Waals surface area (Å²) < 4.78 is 2.15. The van der Waals surface area contributed by atoms with Gasteiger partial charge in [-0.15, -0.1) is 0 Å². The van der Waals surface area contributed by atoms with Crippen molar-refractivity contribution in [2.75, 3.05) is 20.1 Å². The van der Waals surface area contributed by atoms with Gasteiger partial charge in [0.1, 0.15) is 0 Å². The van der Waals surface area contributed by atoms with E-state index in [2.05, 4.69) is 28.9 Å². The molecule has 1 aromatic rings. The Morgan fingerprint density at radius 2 is 2.00 bits per heavy atom. The summed E-state index contributed by atoms with van der Waals surface area (Å²) >= 11 is 0. The molecule has 4 heteroatoms. The van der Waals surface area contributed by atoms with E-state index in [-0.39, 0.29) is 0 Å². The number of likely N-dealkylation sites (tertiary alicyclic amines) is 1. The molecular weight excluding hydrogens is 262 g/mol. The molecule has 1 aliphatic carbocycles. The van der Waals surface area contributed by atoms with E-state index in [0.29, 0.717) is 12.5 Å². The zero-order valence-corrected chi connectivity index (χ0v) is 13.3. The van der Waals surface area contributed by atoms with Crippen molar-refractivity contribution < 1.29 is 5.11 Å². The highest BCUT2D eigenvalue weighted by atomic mass is 16.3. The molecule has 4 nitrogen and oxygen atoms in total. The van der Waals surface area contributed by atoms with Crippen molar-refractivity contribution in [1.82, 2.24) is 14.7 Å². The molecule has 0 amide bonds. The van der Waals surface area contributed by atoms with Crippen LogP contribution >= 0.6 is 0 Å². The topological polar surface area (TPSA) is 41.3 Å². The van der Waals surface area contributed by atoms with Crippen LogP contribution in [-0.2, 0) is 6.42 Å². The third-order valence-corrected chi connectivity index (χ3v) is 5.26. The van der Waals surface area contributed by atoms with Crippen molar-refractivity contribution in [3.05, 3.63) is 18.0 Å². The number of hydrogen-bond acceptors (Lipinski definition) is 3. The zero-order chi connectivity index (χ0) is 14.7. The lowest BCUT2D eigenvalue weighted by Gasteiger charge is -2.26. The monoisotopic (exact) mass is 291 g/mol. The van der Waals surface area contributed by atoms with Gasteiger partial charge in [0.15, 0.2) is 0 Å². The van der Waals surface area contributed by atoms with Crippen molar-refractivity contribution in [3.8, 4) is 0 Å². The molecule has 118 valence electrons. The van der Waals surface area contributed by atoms with Gasteiger partial charge in [0.25, 0.3) is 0 Å². The molecular formula is C17H29N3O. The van der Waals surface area contributed by atoms with Gasteiger partial charge in [0.05, 0.1) is 17.3 Å². The molecule has 1 aliphatic heterocycles. The van der Waals surface area contributed by atoms with Crippen LogP contribution in [-0.4, -0.2) is 45.5 Å². The third-order valence-electron chi connectivity index (χ3n) is 5.26. The summed E-state index contributed by atoms with van der Waals surface area (Å²) in [6.45, 7) is 2.08. The fourth-order valence-corrected chi connectivity index (χ4v) is 3.85. The molecule has 2 aliphatic rings. The Morgan fingerprint density at radius 3 is 2.81 bits per heavy atom. The standard InChI is InChI=1S/C17H29N3O/c1-19-11-5-9-17(21,10-13-19)14-15-8-12-20(18-15)16-6-3-2-4-7-16/h8,12,16,21H,2-7,9-11,13-14H2,1H3. The van der Waals surface area contributed by atoms with Gasteiger partial charge in [0, 0.05) is 19.2 Å². The summed E-state index contributed by atoms with van der Waals surface area (Å²) in [5.41, 5.74) is 0.504. The van der Waals surface area contributed by atoms with E-state index < -0.39 is 5.60 Å². The highest BCUT2D eigenvalue weighted by Gasteiger charge is 2.30. The van der Waals surface area contributed by atoms with E-state index in [1.807, 2.05) is 0 Å². The van der Waals surface area contributed by atoms with Crippen molar-refractivity contribution in [3.63, 3.8) is 0 Å². The molecule has 1 unspecified atom stereocenters. The van der Waals surface area contributed by atoms with E-state index in [0.717, 1.165) is 38.0 Å². The van der Waals surface area contributed by atoms with Gasteiger partial charge in [-0.2, -0.15) is 5.10 Å². The SMILES string of the molecule is CN1CCCC(O)(Cc2ccn(C3CCCCC3)n2)CC1. The maximum Gasteiger partial charge on any atom is 0.0716 e. The van der Waals surface area contributed by atoms with Gasteiger partial charge in [-0.05, 0) is 51.8 Å². The Bertz CT molecular complexity index is 453. The molecule has 1 atom stereocenters. The van der Waals surface area contributed by atoms with Gasteiger partial charge in [-0.25, -0.2) is 0 Å². The highest BCUT2D eigenvalue weighted by molar-refractivity contribution is 5.05. The molecule has 0 bridgehead atoms. The fraction of sp³-hybridized carbons (Fsp3) is 0.824. The first kappa shape index (κ1) is 15.0. The fourth-order valence-electron chi connectivity index (χ4n) is 3.85. The summed E-state index contributed by atoms with van der Waals surface area (Å²) in [5.74, 6) is 0. The van der Waals surface area contributed by atoms with E-state index in [1.54, 1.807) is 0 Å². The summed E-state index contributed by atoms with van der Waals surface area (Å²) in [5, 5.41) is 15.6. The Hall–Kier alpha value is -0.870. The molecule has 2 fully saturated rings. The Morgan fingerprint density at radius 1 is 1.19 bits per heavy atom. The van der Waals surface area contributed by atoms with Crippen LogP contribution in [0.15, 0.2) is 12.3 Å². The van der Waals surface area contributed by atoms with Crippen LogP contribution in [0.4, 0.5) is 0 Å². The van der Waals surface area contributed by atoms with Crippen LogP contribution in [0.3, 0.4) is 0 Å². The number of rotatable bonds is 3. The molecule has 1 saturated carbocycles. The molecule has 21 heavy (non-hydrogen) atoms. The number of aliphatic hydroxyl groups is 1. The van der Waals surface area contributed by atoms with Gasteiger partial charge >= 0.3 is 0 Å². The Kier molecular flexibility index (Phi) is 4.65. The minimum absolute atomic E-state index is 0.559. The van der Waals surface area contributed by atoms with Crippen LogP contribution in [0.5, 0.6) is 0 Å². The first-order valence-electron chi connectivity index (χ1n) is 8.60. The van der Waals surface area contributed by atoms with Gasteiger partial charge in [-0.3, -0.25) is 4.68 Å². The summed E-state index contributed by atoms with van der Waals surface area (Å²) in [7, 11) is 2.14. The second-order valence-electron chi connectivity index (χ2n) is 7.14. The normalized spacial score (nSPS) is 29.4. The second-order valence-corrected chi connectivity index (χ2v) is 7.14. The number of aromatic nitrogens is 2. The summed E-state index contributed by atoms with van der Waals surface area (Å²) in [4.78, 5) is 2.32. The molecule has 1 aromatic heterocycles. The average Bonchev–Trinajstić information content (AvgIpc) is 2.87. The first-order valence-corrected chi connectivity index (χ1v) is 8.60. The van der Waals surface area contributed by atoms with Gasteiger partial charge in [-0.1, -0.05) is 19.3 Å². The predicted octanol–water partition coefficient (Wildman–Crippen LogP) is 2.78. The Labute approximate surface area is 128 Å². The van der Waals surface area contributed by atoms with Crippen molar-refractivity contribution in [1.29, 1.82) is 0 Å². The molecule has 1 N–H and O–H groups in total. The van der Waals surface area contributed by atoms with Crippen LogP contribution in [0.1, 0.15) is 63.1 Å². The maximum atomic E-state index is 10.9. The van der Waals surface area contributed by atoms with Crippen molar-refractivity contribution in [2.45, 2.75) is 69.4 Å². The third kappa shape index (κ3) is 3.86. The lowest BCUT2D eigenvalue weighted by Crippen LogP contribution is -2.33. The summed E-state index contributed by atoms with van der Waals surface area (Å²) in [6.07, 6.45) is 12.2. The minimum atomic E-state index is -0.559. The second kappa shape index (κ2) is 6.49. The minimum Gasteiger partial charge on any atom is -0.389 e. The number of nitrogens with zero attached hydrogens (tertiary/aromatic N) is 3. The predicted molar refractivity (Wildman–Crippen MR) is 84.4 cm³/mol. The van der Waals surface area contributed by atoms with Crippen molar-refractivity contribution in [2.24, 2.45) is 0 Å². The average molecular weight is 291 g/mol. The lowest BCUT2D eigenvalue weighted by molar-refractivity contribution is 0.0252. The van der Waals surface area contributed by atoms with Crippen LogP contribution < -0.4 is 0 Å². The summed E-state index contributed by atoms with van der Waals surface area (Å²) in [6, 6.07) is 2.70. The lowest BCUT2D eigenvalue weighted by atomic mass is 9.90. The highest BCUT2D eigenvalue weighted by Crippen LogP contribution is 2.29. The van der Waals surface area contributed by atoms with Crippen LogP contribution in [0.2, 0.25) is 0 Å². The van der Waals surface area contributed by atoms with E-state index in [1.165, 1.54) is 32.1 Å². The van der Waals surface area contributed by atoms with Gasteiger partial charge < -0.3 is 10.0 Å². The molecule has 1 saturated heterocycles. The first-order chi connectivity index (χ1) is 10.1. The molecule has 0 spiro atoms. The van der Waals surface area contributed by atoms with E-state index in [4.69, 9.17) is 5.10 Å². The zero-order valence-electron chi connectivity index (χ0n) is 13.3. The molecule has 2 heterocycles. The molecule has 0 radical (unpaired) electrons. The van der Waals surface area contributed by atoms with Crippen LogP contribution in [0.25, 0.3) is 0 Å². The van der Waals surface area contributed by atoms with Crippen LogP contribution in [0, 0.1) is 0 Å². The quantitative estimate of drug-likeness (QED) is 0.931. The van der Waals surface area contributed by atoms with Gasteiger partial charge in [0.2, 0.25) is 0 Å². The van der Waals surface area contributed by atoms with E-state index >= 15 is 0 Å². The largest absolute Gasteiger partial charge is 0.389 e. The Balaban J connectivity index is 1.63. The van der Waals surface area contributed by atoms with Crippen molar-refractivity contribution >= 4 is 0 Å². The molecule has 0 aromatic carbocycles. The smallest absolute Gasteiger partial charge is 0.0716 e. The van der Waals surface area contributed by atoms with E-state index in [9.17, 15) is 5.11 Å². The number of hydrogen-bond donors (Lipinski definition) is 1.